The van der Waals surface area contributed by atoms with Crippen LogP contribution in [0.4, 0.5) is 0 Å². The highest BCUT2D eigenvalue weighted by Crippen LogP contribution is 2.20. The summed E-state index contributed by atoms with van der Waals surface area (Å²) in [6.45, 7) is 10.8. The van der Waals surface area contributed by atoms with E-state index < -0.39 is 0 Å². The van der Waals surface area contributed by atoms with Crippen molar-refractivity contribution in [3.8, 4) is 0 Å². The predicted molar refractivity (Wildman–Crippen MR) is 117 cm³/mol. The second-order valence-corrected chi connectivity index (χ2v) is 7.45. The van der Waals surface area contributed by atoms with Crippen LogP contribution in [0.2, 0.25) is 0 Å². The Labute approximate surface area is 170 Å². The van der Waals surface area contributed by atoms with Crippen LogP contribution in [-0.2, 0) is 13.5 Å². The van der Waals surface area contributed by atoms with Crippen LogP contribution in [0, 0.1) is 11.8 Å². The number of likely N-dealkylation sites (tertiary alicyclic amines) is 1. The lowest BCUT2D eigenvalue weighted by atomic mass is 10.0. The molecule has 25 heavy (non-hydrogen) atoms. The van der Waals surface area contributed by atoms with Crippen LogP contribution in [-0.4, -0.2) is 46.8 Å². The Hall–Kier alpha value is -0.790. The topological polar surface area (TPSA) is 45.5 Å². The van der Waals surface area contributed by atoms with Crippen LogP contribution in [0.25, 0.3) is 0 Å². The number of hydrogen-bond donors (Lipinski definition) is 1. The zero-order chi connectivity index (χ0) is 17.4. The number of aliphatic imine (C=N–C) groups is 1. The Morgan fingerprint density at radius 1 is 1.40 bits per heavy atom. The van der Waals surface area contributed by atoms with Crippen molar-refractivity contribution in [2.75, 3.05) is 26.2 Å². The number of guanidine groups is 1. The summed E-state index contributed by atoms with van der Waals surface area (Å²) >= 11 is 0. The smallest absolute Gasteiger partial charge is 0.193 e. The molecule has 0 aromatic carbocycles. The van der Waals surface area contributed by atoms with Crippen LogP contribution in [0.5, 0.6) is 0 Å². The first-order valence-corrected chi connectivity index (χ1v) is 9.59. The van der Waals surface area contributed by atoms with E-state index in [2.05, 4.69) is 42.3 Å². The number of nitrogens with one attached hydrogen (secondary N) is 1. The van der Waals surface area contributed by atoms with Crippen LogP contribution in [0.15, 0.2) is 17.4 Å². The Morgan fingerprint density at radius 3 is 2.84 bits per heavy atom. The fraction of sp³-hybridized carbons (Fsp3) is 0.789. The molecule has 1 aromatic heterocycles. The summed E-state index contributed by atoms with van der Waals surface area (Å²) in [6.07, 6.45) is 10.3. The van der Waals surface area contributed by atoms with E-state index in [9.17, 15) is 0 Å². The van der Waals surface area contributed by atoms with Crippen molar-refractivity contribution in [3.63, 3.8) is 0 Å². The van der Waals surface area contributed by atoms with E-state index >= 15 is 0 Å². The van der Waals surface area contributed by atoms with Gasteiger partial charge in [-0.05, 0) is 43.6 Å². The van der Waals surface area contributed by atoms with Crippen LogP contribution < -0.4 is 5.32 Å². The van der Waals surface area contributed by atoms with Crippen molar-refractivity contribution < 1.29 is 0 Å². The Balaban J connectivity index is 0.00000312. The summed E-state index contributed by atoms with van der Waals surface area (Å²) in [6, 6.07) is 0. The standard InChI is InChI=1S/C19H35N5.HI/c1-5-20-19(21-10-7-6-8-16(2)3)24-11-9-17(15-24)12-18-13-22-23(4)14-18;/h13-14,16-17H,5-12,15H2,1-4H3,(H,20,21);1H. The molecule has 1 fully saturated rings. The van der Waals surface area contributed by atoms with Gasteiger partial charge in [0.15, 0.2) is 5.96 Å². The molecule has 1 N–H and O–H groups in total. The Kier molecular flexibility index (Phi) is 10.5. The quantitative estimate of drug-likeness (QED) is 0.278. The molecule has 0 spiro atoms. The van der Waals surface area contributed by atoms with Crippen molar-refractivity contribution in [3.05, 3.63) is 18.0 Å². The van der Waals surface area contributed by atoms with Crippen LogP contribution in [0.3, 0.4) is 0 Å². The highest BCUT2D eigenvalue weighted by Gasteiger charge is 2.25. The van der Waals surface area contributed by atoms with Gasteiger partial charge in [-0.1, -0.05) is 26.7 Å². The zero-order valence-corrected chi connectivity index (χ0v) is 18.7. The van der Waals surface area contributed by atoms with Crippen molar-refractivity contribution >= 4 is 29.9 Å². The lowest BCUT2D eigenvalue weighted by Crippen LogP contribution is -2.40. The van der Waals surface area contributed by atoms with Crippen molar-refractivity contribution in [1.29, 1.82) is 0 Å². The number of halogens is 1. The third kappa shape index (κ3) is 7.96. The average Bonchev–Trinajstić information content (AvgIpc) is 3.15. The summed E-state index contributed by atoms with van der Waals surface area (Å²) in [5, 5.41) is 7.75. The first-order valence-electron chi connectivity index (χ1n) is 9.59. The van der Waals surface area contributed by atoms with Gasteiger partial charge in [0.25, 0.3) is 0 Å². The Bertz CT molecular complexity index is 512. The Morgan fingerprint density at radius 2 is 2.20 bits per heavy atom. The highest BCUT2D eigenvalue weighted by molar-refractivity contribution is 14.0. The van der Waals surface area contributed by atoms with Gasteiger partial charge in [0.1, 0.15) is 0 Å². The summed E-state index contributed by atoms with van der Waals surface area (Å²) in [7, 11) is 1.99. The minimum atomic E-state index is 0. The third-order valence-electron chi connectivity index (χ3n) is 4.65. The van der Waals surface area contributed by atoms with E-state index in [0.29, 0.717) is 5.92 Å². The molecule has 5 nitrogen and oxygen atoms in total. The first-order chi connectivity index (χ1) is 11.6. The predicted octanol–water partition coefficient (Wildman–Crippen LogP) is 3.69. The summed E-state index contributed by atoms with van der Waals surface area (Å²) in [5.41, 5.74) is 1.35. The van der Waals surface area contributed by atoms with Crippen LogP contribution >= 0.6 is 24.0 Å². The highest BCUT2D eigenvalue weighted by atomic mass is 127. The fourth-order valence-electron chi connectivity index (χ4n) is 3.38. The molecule has 1 atom stereocenters. The second-order valence-electron chi connectivity index (χ2n) is 7.45. The second kappa shape index (κ2) is 11.8. The maximum Gasteiger partial charge on any atom is 0.193 e. The molecule has 6 heteroatoms. The van der Waals surface area contributed by atoms with Gasteiger partial charge in [0.2, 0.25) is 0 Å². The number of unbranched alkanes of at least 4 members (excludes halogenated alkanes) is 1. The minimum absolute atomic E-state index is 0. The van der Waals surface area contributed by atoms with Gasteiger partial charge in [0, 0.05) is 39.4 Å². The minimum Gasteiger partial charge on any atom is -0.357 e. The summed E-state index contributed by atoms with van der Waals surface area (Å²) in [5.74, 6) is 2.61. The van der Waals surface area contributed by atoms with E-state index in [1.54, 1.807) is 0 Å². The van der Waals surface area contributed by atoms with E-state index in [4.69, 9.17) is 4.99 Å². The normalized spacial score (nSPS) is 17.9. The fourth-order valence-corrected chi connectivity index (χ4v) is 3.38. The molecule has 0 amide bonds. The molecule has 1 aromatic rings. The molecule has 1 aliphatic rings. The molecule has 1 saturated heterocycles. The largest absolute Gasteiger partial charge is 0.357 e. The molecule has 0 aliphatic carbocycles. The molecule has 0 radical (unpaired) electrons. The summed E-state index contributed by atoms with van der Waals surface area (Å²) in [4.78, 5) is 7.29. The number of nitrogens with zero attached hydrogens (tertiary/aromatic N) is 4. The molecule has 0 saturated carbocycles. The van der Waals surface area contributed by atoms with Gasteiger partial charge in [-0.25, -0.2) is 0 Å². The van der Waals surface area contributed by atoms with Gasteiger partial charge < -0.3 is 10.2 Å². The van der Waals surface area contributed by atoms with Gasteiger partial charge in [-0.2, -0.15) is 5.10 Å². The lowest BCUT2D eigenvalue weighted by Gasteiger charge is -2.21. The first kappa shape index (κ1) is 22.3. The van der Waals surface area contributed by atoms with Crippen molar-refractivity contribution in [2.45, 2.75) is 52.9 Å². The SMILES string of the molecule is CCNC(=NCCCCC(C)C)N1CCC(Cc2cnn(C)c2)C1.I. The molecule has 1 aliphatic heterocycles. The number of hydrogen-bond acceptors (Lipinski definition) is 2. The van der Waals surface area contributed by atoms with Crippen molar-refractivity contribution in [1.82, 2.24) is 20.0 Å². The van der Waals surface area contributed by atoms with Gasteiger partial charge in [0.05, 0.1) is 6.20 Å². The lowest BCUT2D eigenvalue weighted by molar-refractivity contribution is 0.458. The van der Waals surface area contributed by atoms with Crippen LogP contribution in [0.1, 0.15) is 52.0 Å². The monoisotopic (exact) mass is 461 g/mol. The third-order valence-corrected chi connectivity index (χ3v) is 4.65. The van der Waals surface area contributed by atoms with Gasteiger partial charge in [-0.15, -0.1) is 24.0 Å². The molecule has 1 unspecified atom stereocenters. The average molecular weight is 461 g/mol. The van der Waals surface area contributed by atoms with E-state index in [-0.39, 0.29) is 24.0 Å². The molecular weight excluding hydrogens is 425 g/mol. The van der Waals surface area contributed by atoms with Crippen molar-refractivity contribution in [2.24, 2.45) is 23.9 Å². The maximum atomic E-state index is 4.85. The van der Waals surface area contributed by atoms with Gasteiger partial charge in [-0.3, -0.25) is 9.67 Å². The molecule has 2 heterocycles. The summed E-state index contributed by atoms with van der Waals surface area (Å²) < 4.78 is 1.89. The number of aryl methyl sites for hydroxylation is 1. The number of aromatic nitrogens is 2. The molecular formula is C19H36IN5. The van der Waals surface area contributed by atoms with E-state index in [1.165, 1.54) is 31.2 Å². The van der Waals surface area contributed by atoms with Gasteiger partial charge >= 0.3 is 0 Å². The number of rotatable bonds is 8. The maximum absolute atomic E-state index is 4.85. The zero-order valence-electron chi connectivity index (χ0n) is 16.4. The molecule has 0 bridgehead atoms. The molecule has 144 valence electrons. The van der Waals surface area contributed by atoms with E-state index in [1.807, 2.05) is 17.9 Å². The van der Waals surface area contributed by atoms with E-state index in [0.717, 1.165) is 44.5 Å². The molecule has 2 rings (SSSR count).